The van der Waals surface area contributed by atoms with Crippen LogP contribution < -0.4 is 5.73 Å². The number of rotatable bonds is 6. The number of esters is 1. The van der Waals surface area contributed by atoms with Crippen LogP contribution in [0.3, 0.4) is 0 Å². The monoisotopic (exact) mass is 424 g/mol. The lowest BCUT2D eigenvalue weighted by atomic mass is 9.96. The second-order valence-corrected chi connectivity index (χ2v) is 7.01. The predicted molar refractivity (Wildman–Crippen MR) is 119 cm³/mol. The zero-order valence-electron chi connectivity index (χ0n) is 16.3. The molecule has 1 aliphatic heterocycles. The number of likely N-dealkylation sites (tertiary alicyclic amines) is 1. The van der Waals surface area contributed by atoms with E-state index in [1.807, 2.05) is 0 Å². The number of nitrogens with two attached hydrogens (primary N) is 1. The average Bonchev–Trinajstić information content (AvgIpc) is 2.69. The Morgan fingerprint density at radius 2 is 1.61 bits per heavy atom. The molecule has 28 heavy (non-hydrogen) atoms. The number of nitrogens with zero attached hydrogens (tertiary/aromatic N) is 1. The molecule has 0 bridgehead atoms. The molecule has 0 aromatic heterocycles. The van der Waals surface area contributed by atoms with Crippen LogP contribution in [-0.2, 0) is 22.5 Å². The summed E-state index contributed by atoms with van der Waals surface area (Å²) in [5.41, 5.74) is 10.7. The van der Waals surface area contributed by atoms with E-state index in [2.05, 4.69) is 53.4 Å². The van der Waals surface area contributed by atoms with Crippen LogP contribution in [0.5, 0.6) is 0 Å². The molecule has 1 saturated heterocycles. The normalized spacial score (nSPS) is 14.6. The van der Waals surface area contributed by atoms with E-state index in [-0.39, 0.29) is 36.7 Å². The van der Waals surface area contributed by atoms with E-state index < -0.39 is 0 Å². The molecule has 1 heterocycles. The number of halogens is 2. The van der Waals surface area contributed by atoms with E-state index in [9.17, 15) is 4.79 Å². The molecule has 3 rings (SSSR count). The van der Waals surface area contributed by atoms with Crippen molar-refractivity contribution in [2.45, 2.75) is 25.8 Å². The molecule has 0 aliphatic carbocycles. The molecule has 0 unspecified atom stereocenters. The van der Waals surface area contributed by atoms with E-state index in [0.29, 0.717) is 6.54 Å². The maximum Gasteiger partial charge on any atom is 0.308 e. The van der Waals surface area contributed by atoms with Crippen molar-refractivity contribution >= 4 is 30.8 Å². The summed E-state index contributed by atoms with van der Waals surface area (Å²) in [6, 6.07) is 17.4. The number of hydrogen-bond acceptors (Lipinski definition) is 4. The van der Waals surface area contributed by atoms with Gasteiger partial charge in [0, 0.05) is 6.54 Å². The third-order valence-electron chi connectivity index (χ3n) is 5.15. The predicted octanol–water partition coefficient (Wildman–Crippen LogP) is 4.08. The van der Waals surface area contributed by atoms with Gasteiger partial charge >= 0.3 is 5.97 Å². The summed E-state index contributed by atoms with van der Waals surface area (Å²) in [6.07, 6.45) is 2.67. The van der Waals surface area contributed by atoms with Crippen molar-refractivity contribution < 1.29 is 9.53 Å². The SMILES string of the molecule is COC(=O)C1CCN(Cc2cccc(-c3cccc(CCN)c3)c2)CC1.Cl.Cl. The van der Waals surface area contributed by atoms with Gasteiger partial charge in [0.25, 0.3) is 0 Å². The molecule has 0 saturated carbocycles. The fourth-order valence-electron chi connectivity index (χ4n) is 3.67. The topological polar surface area (TPSA) is 55.6 Å². The second-order valence-electron chi connectivity index (χ2n) is 7.01. The van der Waals surface area contributed by atoms with E-state index in [0.717, 1.165) is 38.9 Å². The molecule has 0 radical (unpaired) electrons. The molecular formula is C22H30Cl2N2O2. The molecule has 2 N–H and O–H groups in total. The van der Waals surface area contributed by atoms with Gasteiger partial charge in [0.15, 0.2) is 0 Å². The first-order chi connectivity index (χ1) is 12.7. The number of hydrogen-bond donors (Lipinski definition) is 1. The quantitative estimate of drug-likeness (QED) is 0.709. The maximum atomic E-state index is 11.7. The number of carbonyl (C=O) groups is 1. The molecule has 2 aromatic rings. The first-order valence-corrected chi connectivity index (χ1v) is 9.38. The standard InChI is InChI=1S/C22H28N2O2.2ClH/c1-26-22(25)19-9-12-24(13-10-19)16-18-5-3-7-21(15-18)20-6-2-4-17(14-20)8-11-23;;/h2-7,14-15,19H,8-13,16,23H2,1H3;2*1H. The molecule has 0 atom stereocenters. The fourth-order valence-corrected chi connectivity index (χ4v) is 3.67. The third-order valence-corrected chi connectivity index (χ3v) is 5.15. The fraction of sp³-hybridized carbons (Fsp3) is 0.409. The minimum Gasteiger partial charge on any atom is -0.469 e. The third kappa shape index (κ3) is 6.49. The summed E-state index contributed by atoms with van der Waals surface area (Å²) >= 11 is 0. The minimum atomic E-state index is -0.0657. The number of methoxy groups -OCH3 is 1. The van der Waals surface area contributed by atoms with Gasteiger partial charge in [0.2, 0.25) is 0 Å². The summed E-state index contributed by atoms with van der Waals surface area (Å²) in [4.78, 5) is 14.1. The Morgan fingerprint density at radius 3 is 2.18 bits per heavy atom. The Kier molecular flexibility index (Phi) is 10.5. The van der Waals surface area contributed by atoms with Crippen LogP contribution in [-0.4, -0.2) is 37.6 Å². The van der Waals surface area contributed by atoms with Crippen molar-refractivity contribution in [3.8, 4) is 11.1 Å². The van der Waals surface area contributed by atoms with Crippen LogP contribution >= 0.6 is 24.8 Å². The Morgan fingerprint density at radius 1 is 1.04 bits per heavy atom. The van der Waals surface area contributed by atoms with Crippen LogP contribution in [0.2, 0.25) is 0 Å². The average molecular weight is 425 g/mol. The smallest absolute Gasteiger partial charge is 0.308 e. The number of ether oxygens (including phenoxy) is 1. The summed E-state index contributed by atoms with van der Waals surface area (Å²) in [5.74, 6) is -0.00289. The van der Waals surface area contributed by atoms with Crippen LogP contribution in [0.1, 0.15) is 24.0 Å². The molecular weight excluding hydrogens is 395 g/mol. The maximum absolute atomic E-state index is 11.7. The van der Waals surface area contributed by atoms with Crippen molar-refractivity contribution in [1.82, 2.24) is 4.90 Å². The Bertz CT molecular complexity index is 747. The van der Waals surface area contributed by atoms with E-state index in [4.69, 9.17) is 10.5 Å². The Labute approximate surface area is 180 Å². The van der Waals surface area contributed by atoms with E-state index in [1.54, 1.807) is 0 Å². The zero-order chi connectivity index (χ0) is 18.4. The lowest BCUT2D eigenvalue weighted by Crippen LogP contribution is -2.36. The summed E-state index contributed by atoms with van der Waals surface area (Å²) in [5, 5.41) is 0. The molecule has 4 nitrogen and oxygen atoms in total. The molecule has 0 spiro atoms. The first-order valence-electron chi connectivity index (χ1n) is 9.38. The van der Waals surface area contributed by atoms with Gasteiger partial charge in [-0.1, -0.05) is 42.5 Å². The second kappa shape index (κ2) is 12.1. The van der Waals surface area contributed by atoms with Crippen LogP contribution in [0.15, 0.2) is 48.5 Å². The Hall–Kier alpha value is -1.59. The van der Waals surface area contributed by atoms with Crippen molar-refractivity contribution in [2.24, 2.45) is 11.7 Å². The highest BCUT2D eigenvalue weighted by Crippen LogP contribution is 2.24. The van der Waals surface area contributed by atoms with Gasteiger partial charge in [-0.15, -0.1) is 24.8 Å². The van der Waals surface area contributed by atoms with Gasteiger partial charge in [-0.2, -0.15) is 0 Å². The van der Waals surface area contributed by atoms with E-state index in [1.165, 1.54) is 29.4 Å². The highest BCUT2D eigenvalue weighted by atomic mass is 35.5. The van der Waals surface area contributed by atoms with Gasteiger partial charge in [-0.05, 0) is 67.2 Å². The number of piperidine rings is 1. The molecule has 2 aromatic carbocycles. The summed E-state index contributed by atoms with van der Waals surface area (Å²) in [6.45, 7) is 3.47. The van der Waals surface area contributed by atoms with Crippen LogP contribution in [0, 0.1) is 5.92 Å². The van der Waals surface area contributed by atoms with Crippen LogP contribution in [0.4, 0.5) is 0 Å². The molecule has 1 aliphatic rings. The highest BCUT2D eigenvalue weighted by Gasteiger charge is 2.25. The van der Waals surface area contributed by atoms with E-state index >= 15 is 0 Å². The first kappa shape index (κ1) is 24.4. The van der Waals surface area contributed by atoms with Gasteiger partial charge in [-0.25, -0.2) is 0 Å². The summed E-state index contributed by atoms with van der Waals surface area (Å²) in [7, 11) is 1.47. The molecule has 154 valence electrons. The molecule has 0 amide bonds. The lowest BCUT2D eigenvalue weighted by molar-refractivity contribution is -0.147. The van der Waals surface area contributed by atoms with Crippen molar-refractivity contribution in [3.63, 3.8) is 0 Å². The van der Waals surface area contributed by atoms with Gasteiger partial charge in [0.1, 0.15) is 0 Å². The van der Waals surface area contributed by atoms with Crippen molar-refractivity contribution in [3.05, 3.63) is 59.7 Å². The molecule has 6 heteroatoms. The highest BCUT2D eigenvalue weighted by molar-refractivity contribution is 5.85. The summed E-state index contributed by atoms with van der Waals surface area (Å²) < 4.78 is 4.87. The lowest BCUT2D eigenvalue weighted by Gasteiger charge is -2.30. The van der Waals surface area contributed by atoms with Crippen molar-refractivity contribution in [2.75, 3.05) is 26.7 Å². The number of benzene rings is 2. The largest absolute Gasteiger partial charge is 0.469 e. The zero-order valence-corrected chi connectivity index (χ0v) is 17.9. The van der Waals surface area contributed by atoms with Gasteiger partial charge in [0.05, 0.1) is 13.0 Å². The molecule has 1 fully saturated rings. The Balaban J connectivity index is 0.00000196. The minimum absolute atomic E-state index is 0. The van der Waals surface area contributed by atoms with Crippen molar-refractivity contribution in [1.29, 1.82) is 0 Å². The van der Waals surface area contributed by atoms with Gasteiger partial charge in [-0.3, -0.25) is 9.69 Å². The van der Waals surface area contributed by atoms with Gasteiger partial charge < -0.3 is 10.5 Å². The van der Waals surface area contributed by atoms with Crippen LogP contribution in [0.25, 0.3) is 11.1 Å². The number of carbonyl (C=O) groups excluding carboxylic acids is 1.